The van der Waals surface area contributed by atoms with Gasteiger partial charge < -0.3 is 25.7 Å². The van der Waals surface area contributed by atoms with E-state index in [-0.39, 0.29) is 0 Å². The number of benzene rings is 1. The summed E-state index contributed by atoms with van der Waals surface area (Å²) in [4.78, 5) is 0. The standard InChI is InChI=1S/C17H30N2O3/c1-4-20-15-10-9-14(8-7-13(11-18)12-19)16(21-5-2)17(15)22-6-3/h9-10,13H,4-8,11-12,18-19H2,1-3H3. The van der Waals surface area contributed by atoms with Crippen molar-refractivity contribution in [3.63, 3.8) is 0 Å². The summed E-state index contributed by atoms with van der Waals surface area (Å²) < 4.78 is 17.3. The first kappa shape index (κ1) is 18.6. The van der Waals surface area contributed by atoms with E-state index in [0.717, 1.165) is 29.9 Å². The van der Waals surface area contributed by atoms with Crippen LogP contribution in [0.25, 0.3) is 0 Å². The van der Waals surface area contributed by atoms with Crippen molar-refractivity contribution >= 4 is 0 Å². The normalized spacial score (nSPS) is 10.8. The molecule has 0 aliphatic rings. The summed E-state index contributed by atoms with van der Waals surface area (Å²) in [5.74, 6) is 2.53. The van der Waals surface area contributed by atoms with E-state index in [4.69, 9.17) is 25.7 Å². The molecule has 0 unspecified atom stereocenters. The second-order valence-electron chi connectivity index (χ2n) is 5.06. The van der Waals surface area contributed by atoms with Crippen molar-refractivity contribution in [3.8, 4) is 17.2 Å². The van der Waals surface area contributed by atoms with E-state index in [1.807, 2.05) is 32.9 Å². The van der Waals surface area contributed by atoms with Crippen LogP contribution in [0, 0.1) is 5.92 Å². The number of aryl methyl sites for hydroxylation is 1. The summed E-state index contributed by atoms with van der Waals surface area (Å²) in [6, 6.07) is 3.99. The largest absolute Gasteiger partial charge is 0.490 e. The number of nitrogens with two attached hydrogens (primary N) is 2. The zero-order valence-electron chi connectivity index (χ0n) is 14.1. The van der Waals surface area contributed by atoms with Crippen LogP contribution in [0.3, 0.4) is 0 Å². The predicted octanol–water partition coefficient (Wildman–Crippen LogP) is 2.35. The van der Waals surface area contributed by atoms with E-state index in [1.54, 1.807) is 0 Å². The molecule has 5 nitrogen and oxygen atoms in total. The fourth-order valence-corrected chi connectivity index (χ4v) is 2.33. The number of hydrogen-bond donors (Lipinski definition) is 2. The average molecular weight is 310 g/mol. The lowest BCUT2D eigenvalue weighted by atomic mass is 9.98. The van der Waals surface area contributed by atoms with E-state index in [2.05, 4.69) is 0 Å². The van der Waals surface area contributed by atoms with Gasteiger partial charge in [0.05, 0.1) is 19.8 Å². The molecule has 4 N–H and O–H groups in total. The molecule has 22 heavy (non-hydrogen) atoms. The van der Waals surface area contributed by atoms with Crippen molar-refractivity contribution in [1.29, 1.82) is 0 Å². The van der Waals surface area contributed by atoms with Crippen LogP contribution in [0.15, 0.2) is 12.1 Å². The Kier molecular flexibility index (Phi) is 8.70. The van der Waals surface area contributed by atoms with E-state index >= 15 is 0 Å². The molecule has 0 aliphatic heterocycles. The predicted molar refractivity (Wildman–Crippen MR) is 89.9 cm³/mol. The maximum atomic E-state index is 5.84. The van der Waals surface area contributed by atoms with Gasteiger partial charge in [0.25, 0.3) is 0 Å². The summed E-state index contributed by atoms with van der Waals surface area (Å²) in [5.41, 5.74) is 12.6. The quantitative estimate of drug-likeness (QED) is 0.656. The van der Waals surface area contributed by atoms with E-state index in [1.165, 1.54) is 0 Å². The Bertz CT molecular complexity index is 434. The van der Waals surface area contributed by atoms with Gasteiger partial charge in [0.2, 0.25) is 5.75 Å². The van der Waals surface area contributed by atoms with Crippen molar-refractivity contribution in [1.82, 2.24) is 0 Å². The van der Waals surface area contributed by atoms with Crippen LogP contribution in [0.2, 0.25) is 0 Å². The van der Waals surface area contributed by atoms with Crippen LogP contribution in [-0.4, -0.2) is 32.9 Å². The molecule has 1 aromatic rings. The molecule has 5 heteroatoms. The molecule has 0 saturated carbocycles. The molecular weight excluding hydrogens is 280 g/mol. The SMILES string of the molecule is CCOc1ccc(CCC(CN)CN)c(OCC)c1OCC. The molecule has 0 bridgehead atoms. The second-order valence-corrected chi connectivity index (χ2v) is 5.06. The highest BCUT2D eigenvalue weighted by atomic mass is 16.5. The molecule has 126 valence electrons. The summed E-state index contributed by atoms with van der Waals surface area (Å²) in [6.45, 7) is 8.83. The lowest BCUT2D eigenvalue weighted by Gasteiger charge is -2.19. The summed E-state index contributed by atoms with van der Waals surface area (Å²) in [5, 5.41) is 0. The summed E-state index contributed by atoms with van der Waals surface area (Å²) in [7, 11) is 0. The number of ether oxygens (including phenoxy) is 3. The minimum atomic E-state index is 0.330. The van der Waals surface area contributed by atoms with Gasteiger partial charge >= 0.3 is 0 Å². The highest BCUT2D eigenvalue weighted by Gasteiger charge is 2.18. The molecule has 0 aromatic heterocycles. The van der Waals surface area contributed by atoms with Gasteiger partial charge in [-0.05, 0) is 64.3 Å². The van der Waals surface area contributed by atoms with Crippen LogP contribution in [-0.2, 0) is 6.42 Å². The second kappa shape index (κ2) is 10.3. The third-order valence-corrected chi connectivity index (χ3v) is 3.52. The Labute approximate surface area is 133 Å². The van der Waals surface area contributed by atoms with Crippen molar-refractivity contribution in [2.24, 2.45) is 17.4 Å². The lowest BCUT2D eigenvalue weighted by molar-refractivity contribution is 0.259. The van der Waals surface area contributed by atoms with Gasteiger partial charge in [-0.1, -0.05) is 6.07 Å². The zero-order chi connectivity index (χ0) is 16.4. The third kappa shape index (κ3) is 5.07. The smallest absolute Gasteiger partial charge is 0.203 e. The third-order valence-electron chi connectivity index (χ3n) is 3.52. The Balaban J connectivity index is 3.06. The Morgan fingerprint density at radius 2 is 1.45 bits per heavy atom. The minimum absolute atomic E-state index is 0.330. The maximum absolute atomic E-state index is 5.84. The first-order valence-electron chi connectivity index (χ1n) is 8.16. The van der Waals surface area contributed by atoms with Crippen LogP contribution in [0.4, 0.5) is 0 Å². The van der Waals surface area contributed by atoms with Gasteiger partial charge in [-0.3, -0.25) is 0 Å². The van der Waals surface area contributed by atoms with Crippen LogP contribution in [0.1, 0.15) is 32.8 Å². The van der Waals surface area contributed by atoms with Crippen molar-refractivity contribution in [2.45, 2.75) is 33.6 Å². The molecule has 1 aromatic carbocycles. The Hall–Kier alpha value is -1.46. The van der Waals surface area contributed by atoms with Crippen molar-refractivity contribution in [3.05, 3.63) is 17.7 Å². The van der Waals surface area contributed by atoms with Gasteiger partial charge in [0.1, 0.15) is 0 Å². The first-order valence-corrected chi connectivity index (χ1v) is 8.16. The molecule has 0 aliphatic carbocycles. The van der Waals surface area contributed by atoms with Crippen molar-refractivity contribution < 1.29 is 14.2 Å². The van der Waals surface area contributed by atoms with Crippen molar-refractivity contribution in [2.75, 3.05) is 32.9 Å². The van der Waals surface area contributed by atoms with E-state index in [9.17, 15) is 0 Å². The van der Waals surface area contributed by atoms with Gasteiger partial charge in [0.15, 0.2) is 11.5 Å². The monoisotopic (exact) mass is 310 g/mol. The van der Waals surface area contributed by atoms with Gasteiger partial charge in [-0.2, -0.15) is 0 Å². The summed E-state index contributed by atoms with van der Waals surface area (Å²) in [6.07, 6.45) is 1.80. The summed E-state index contributed by atoms with van der Waals surface area (Å²) >= 11 is 0. The molecule has 0 amide bonds. The molecule has 0 radical (unpaired) electrons. The molecule has 1 rings (SSSR count). The first-order chi connectivity index (χ1) is 10.7. The van der Waals surface area contributed by atoms with Crippen LogP contribution in [0.5, 0.6) is 17.2 Å². The fraction of sp³-hybridized carbons (Fsp3) is 0.647. The Morgan fingerprint density at radius 3 is 2.00 bits per heavy atom. The van der Waals surface area contributed by atoms with Crippen LogP contribution < -0.4 is 25.7 Å². The highest BCUT2D eigenvalue weighted by molar-refractivity contribution is 5.56. The Morgan fingerprint density at radius 1 is 0.864 bits per heavy atom. The molecular formula is C17H30N2O3. The molecule has 0 atom stereocenters. The fourth-order valence-electron chi connectivity index (χ4n) is 2.33. The van der Waals surface area contributed by atoms with Crippen LogP contribution >= 0.6 is 0 Å². The molecule has 0 heterocycles. The topological polar surface area (TPSA) is 79.7 Å². The maximum Gasteiger partial charge on any atom is 0.203 e. The minimum Gasteiger partial charge on any atom is -0.490 e. The average Bonchev–Trinajstić information content (AvgIpc) is 2.53. The zero-order valence-corrected chi connectivity index (χ0v) is 14.1. The molecule has 0 saturated heterocycles. The number of rotatable bonds is 11. The molecule has 0 fully saturated rings. The highest BCUT2D eigenvalue weighted by Crippen LogP contribution is 2.41. The number of hydrogen-bond acceptors (Lipinski definition) is 5. The van der Waals surface area contributed by atoms with Gasteiger partial charge in [0, 0.05) is 0 Å². The van der Waals surface area contributed by atoms with Gasteiger partial charge in [-0.25, -0.2) is 0 Å². The van der Waals surface area contributed by atoms with E-state index < -0.39 is 0 Å². The van der Waals surface area contributed by atoms with E-state index in [0.29, 0.717) is 44.6 Å². The van der Waals surface area contributed by atoms with Gasteiger partial charge in [-0.15, -0.1) is 0 Å². The molecule has 0 spiro atoms. The lowest BCUT2D eigenvalue weighted by Crippen LogP contribution is -2.23.